The Balaban J connectivity index is 2.59. The van der Waals surface area contributed by atoms with Crippen LogP contribution in [0.2, 0.25) is 0 Å². The van der Waals surface area contributed by atoms with Crippen LogP contribution in [0.1, 0.15) is 6.42 Å². The van der Waals surface area contributed by atoms with Gasteiger partial charge in [-0.1, -0.05) is 0 Å². The second-order valence-corrected chi connectivity index (χ2v) is 1.88. The van der Waals surface area contributed by atoms with Gasteiger partial charge in [0.1, 0.15) is 0 Å². The number of rotatable bonds is 1. The summed E-state index contributed by atoms with van der Waals surface area (Å²) >= 11 is 0. The number of methoxy groups -OCH3 is 1. The van der Waals surface area contributed by atoms with Crippen LogP contribution in [0, 0.1) is 0 Å². The Bertz CT molecular complexity index is 151. The Kier molecular flexibility index (Phi) is 1.72. The zero-order valence-electron chi connectivity index (χ0n) is 5.31. The first-order chi connectivity index (χ1) is 4.34. The van der Waals surface area contributed by atoms with Crippen LogP contribution in [0.3, 0.4) is 0 Å². The Morgan fingerprint density at radius 2 is 2.56 bits per heavy atom. The quantitative estimate of drug-likeness (QED) is 0.399. The molecule has 0 aromatic carbocycles. The minimum Gasteiger partial charge on any atom is -0.504 e. The van der Waals surface area contributed by atoms with E-state index in [1.54, 1.807) is 7.11 Å². The predicted octanol–water partition coefficient (Wildman–Crippen LogP) is 0.0366. The summed E-state index contributed by atoms with van der Waals surface area (Å²) in [4.78, 5) is 10.7. The lowest BCUT2D eigenvalue weighted by Crippen LogP contribution is -2.14. The Labute approximate surface area is 53.7 Å². The molecule has 0 radical (unpaired) electrons. The maximum absolute atomic E-state index is 10.7. The molecule has 1 saturated heterocycles. The smallest absolute Gasteiger partial charge is 0.250 e. The lowest BCUT2D eigenvalue weighted by atomic mass is 10.3. The van der Waals surface area contributed by atoms with E-state index in [0.717, 1.165) is 18.5 Å². The van der Waals surface area contributed by atoms with E-state index in [-0.39, 0.29) is 5.91 Å². The minimum atomic E-state index is -0.00292. The molecule has 9 heavy (non-hydrogen) atoms. The number of ether oxygens (including phenoxy) is 1. The van der Waals surface area contributed by atoms with Gasteiger partial charge in [-0.25, -0.2) is 0 Å². The van der Waals surface area contributed by atoms with Crippen LogP contribution in [0.25, 0.3) is 0 Å². The SMILES string of the molecule is CO/C=C1\CCNC1=O. The summed E-state index contributed by atoms with van der Waals surface area (Å²) in [5.41, 5.74) is 0.734. The zero-order valence-corrected chi connectivity index (χ0v) is 5.31. The monoisotopic (exact) mass is 127 g/mol. The van der Waals surface area contributed by atoms with Crippen molar-refractivity contribution in [1.29, 1.82) is 0 Å². The molecule has 0 saturated carbocycles. The minimum absolute atomic E-state index is 0.00292. The number of hydrogen-bond acceptors (Lipinski definition) is 2. The van der Waals surface area contributed by atoms with Crippen molar-refractivity contribution in [2.45, 2.75) is 6.42 Å². The second-order valence-electron chi connectivity index (χ2n) is 1.88. The van der Waals surface area contributed by atoms with Crippen LogP contribution in [-0.2, 0) is 9.53 Å². The van der Waals surface area contributed by atoms with Gasteiger partial charge in [0, 0.05) is 6.54 Å². The van der Waals surface area contributed by atoms with E-state index >= 15 is 0 Å². The summed E-state index contributed by atoms with van der Waals surface area (Å²) < 4.78 is 4.67. The summed E-state index contributed by atoms with van der Waals surface area (Å²) in [6.45, 7) is 0.744. The highest BCUT2D eigenvalue weighted by atomic mass is 16.5. The van der Waals surface area contributed by atoms with Crippen molar-refractivity contribution >= 4 is 5.91 Å². The molecule has 0 bridgehead atoms. The van der Waals surface area contributed by atoms with E-state index in [9.17, 15) is 4.79 Å². The van der Waals surface area contributed by atoms with Gasteiger partial charge in [0.05, 0.1) is 18.9 Å². The number of carbonyl (C=O) groups is 1. The third-order valence-electron chi connectivity index (χ3n) is 1.23. The van der Waals surface area contributed by atoms with Gasteiger partial charge in [0.15, 0.2) is 0 Å². The van der Waals surface area contributed by atoms with E-state index in [0.29, 0.717) is 0 Å². The van der Waals surface area contributed by atoms with Crippen molar-refractivity contribution in [2.75, 3.05) is 13.7 Å². The molecule has 0 atom stereocenters. The molecule has 1 aliphatic rings. The van der Waals surface area contributed by atoms with Crippen molar-refractivity contribution in [2.24, 2.45) is 0 Å². The van der Waals surface area contributed by atoms with Crippen molar-refractivity contribution in [3.05, 3.63) is 11.8 Å². The van der Waals surface area contributed by atoms with Crippen molar-refractivity contribution in [3.63, 3.8) is 0 Å². The highest BCUT2D eigenvalue weighted by Gasteiger charge is 2.15. The molecule has 1 fully saturated rings. The van der Waals surface area contributed by atoms with Gasteiger partial charge in [0.2, 0.25) is 5.91 Å². The summed E-state index contributed by atoms with van der Waals surface area (Å²) in [5, 5.41) is 2.67. The van der Waals surface area contributed by atoms with Gasteiger partial charge in [-0.2, -0.15) is 0 Å². The second kappa shape index (κ2) is 2.53. The normalized spacial score (nSPS) is 22.3. The fourth-order valence-electron chi connectivity index (χ4n) is 0.792. The third kappa shape index (κ3) is 1.22. The molecule has 0 unspecified atom stereocenters. The Hall–Kier alpha value is -0.990. The van der Waals surface area contributed by atoms with Crippen LogP contribution in [-0.4, -0.2) is 19.6 Å². The van der Waals surface area contributed by atoms with Crippen molar-refractivity contribution in [3.8, 4) is 0 Å². The molecule has 3 heteroatoms. The summed E-state index contributed by atoms with van der Waals surface area (Å²) in [6.07, 6.45) is 2.27. The number of nitrogens with one attached hydrogen (secondary N) is 1. The molecule has 1 rings (SSSR count). The largest absolute Gasteiger partial charge is 0.504 e. The first-order valence-electron chi connectivity index (χ1n) is 2.84. The molecule has 0 aromatic heterocycles. The van der Waals surface area contributed by atoms with E-state index in [1.165, 1.54) is 6.26 Å². The lowest BCUT2D eigenvalue weighted by molar-refractivity contribution is -0.116. The highest BCUT2D eigenvalue weighted by Crippen LogP contribution is 2.06. The maximum atomic E-state index is 10.7. The predicted molar refractivity (Wildman–Crippen MR) is 32.7 cm³/mol. The lowest BCUT2D eigenvalue weighted by Gasteiger charge is -1.90. The Morgan fingerprint density at radius 1 is 1.78 bits per heavy atom. The highest BCUT2D eigenvalue weighted by molar-refractivity contribution is 5.95. The molecule has 1 aliphatic heterocycles. The third-order valence-corrected chi connectivity index (χ3v) is 1.23. The fraction of sp³-hybridized carbons (Fsp3) is 0.500. The summed E-state index contributed by atoms with van der Waals surface area (Å²) in [5.74, 6) is -0.00292. The average Bonchev–Trinajstić information content (AvgIpc) is 2.18. The van der Waals surface area contributed by atoms with Crippen LogP contribution >= 0.6 is 0 Å². The summed E-state index contributed by atoms with van der Waals surface area (Å²) in [7, 11) is 1.54. The molecular formula is C6H9NO2. The van der Waals surface area contributed by atoms with Gasteiger partial charge in [-0.05, 0) is 6.42 Å². The molecule has 50 valence electrons. The fourth-order valence-corrected chi connectivity index (χ4v) is 0.792. The van der Waals surface area contributed by atoms with Crippen LogP contribution < -0.4 is 5.32 Å². The standard InChI is InChI=1S/C6H9NO2/c1-9-4-5-2-3-7-6(5)8/h4H,2-3H2,1H3,(H,7,8)/b5-4+. The van der Waals surface area contributed by atoms with Crippen molar-refractivity contribution < 1.29 is 9.53 Å². The van der Waals surface area contributed by atoms with Crippen LogP contribution in [0.5, 0.6) is 0 Å². The van der Waals surface area contributed by atoms with Gasteiger partial charge in [-0.3, -0.25) is 4.79 Å². The van der Waals surface area contributed by atoms with Gasteiger partial charge >= 0.3 is 0 Å². The number of hydrogen-bond donors (Lipinski definition) is 1. The van der Waals surface area contributed by atoms with Crippen LogP contribution in [0.4, 0.5) is 0 Å². The molecule has 0 aliphatic carbocycles. The molecule has 3 nitrogen and oxygen atoms in total. The number of carbonyl (C=O) groups excluding carboxylic acids is 1. The van der Waals surface area contributed by atoms with E-state index in [2.05, 4.69) is 10.1 Å². The molecule has 0 aromatic rings. The van der Waals surface area contributed by atoms with E-state index < -0.39 is 0 Å². The molecule has 1 N–H and O–H groups in total. The van der Waals surface area contributed by atoms with Gasteiger partial charge < -0.3 is 10.1 Å². The number of amides is 1. The van der Waals surface area contributed by atoms with E-state index in [1.807, 2.05) is 0 Å². The van der Waals surface area contributed by atoms with Crippen molar-refractivity contribution in [1.82, 2.24) is 5.32 Å². The summed E-state index contributed by atoms with van der Waals surface area (Å²) in [6, 6.07) is 0. The van der Waals surface area contributed by atoms with Crippen LogP contribution in [0.15, 0.2) is 11.8 Å². The van der Waals surface area contributed by atoms with Gasteiger partial charge in [-0.15, -0.1) is 0 Å². The first kappa shape index (κ1) is 6.13. The van der Waals surface area contributed by atoms with E-state index in [4.69, 9.17) is 0 Å². The molecular weight excluding hydrogens is 118 g/mol. The van der Waals surface area contributed by atoms with Gasteiger partial charge in [0.25, 0.3) is 0 Å². The Morgan fingerprint density at radius 3 is 3.00 bits per heavy atom. The molecule has 1 amide bonds. The average molecular weight is 127 g/mol. The topological polar surface area (TPSA) is 38.3 Å². The zero-order chi connectivity index (χ0) is 6.69. The molecule has 1 heterocycles. The first-order valence-corrected chi connectivity index (χ1v) is 2.84. The molecule has 0 spiro atoms. The maximum Gasteiger partial charge on any atom is 0.250 e.